The van der Waals surface area contributed by atoms with Crippen LogP contribution in [-0.4, -0.2) is 29.4 Å². The number of amides is 1. The molecular weight excluding hydrogens is 260 g/mol. The van der Waals surface area contributed by atoms with Gasteiger partial charge in [-0.05, 0) is 38.2 Å². The third kappa shape index (κ3) is 5.88. The fraction of sp³-hybridized carbons (Fsp3) is 0.611. The van der Waals surface area contributed by atoms with Crippen LogP contribution in [0.1, 0.15) is 52.0 Å². The zero-order chi connectivity index (χ0) is 15.7. The van der Waals surface area contributed by atoms with Crippen LogP contribution in [0.25, 0.3) is 0 Å². The Morgan fingerprint density at radius 1 is 1.24 bits per heavy atom. The number of hydrogen-bond donors (Lipinski definition) is 1. The van der Waals surface area contributed by atoms with Crippen LogP contribution in [0.2, 0.25) is 0 Å². The Morgan fingerprint density at radius 3 is 2.48 bits per heavy atom. The highest BCUT2D eigenvalue weighted by Crippen LogP contribution is 2.11. The molecule has 1 aromatic rings. The second kappa shape index (κ2) is 9.56. The molecule has 0 spiro atoms. The topological polar surface area (TPSA) is 46.3 Å². The summed E-state index contributed by atoms with van der Waals surface area (Å²) in [5.41, 5.74) is 7.38. The van der Waals surface area contributed by atoms with Gasteiger partial charge in [-0.15, -0.1) is 0 Å². The summed E-state index contributed by atoms with van der Waals surface area (Å²) >= 11 is 0. The average Bonchev–Trinajstić information content (AvgIpc) is 2.53. The van der Waals surface area contributed by atoms with Crippen molar-refractivity contribution in [3.8, 4) is 0 Å². The van der Waals surface area contributed by atoms with E-state index in [1.54, 1.807) is 0 Å². The highest BCUT2D eigenvalue weighted by atomic mass is 16.2. The predicted molar refractivity (Wildman–Crippen MR) is 89.1 cm³/mol. The summed E-state index contributed by atoms with van der Waals surface area (Å²) in [5, 5.41) is 0. The molecule has 0 saturated heterocycles. The van der Waals surface area contributed by atoms with E-state index in [-0.39, 0.29) is 11.9 Å². The summed E-state index contributed by atoms with van der Waals surface area (Å²) in [6.45, 7) is 7.20. The number of aryl methyl sites for hydroxylation is 1. The minimum absolute atomic E-state index is 0.105. The molecular formula is C18H30N2O. The van der Waals surface area contributed by atoms with Crippen molar-refractivity contribution in [3.63, 3.8) is 0 Å². The van der Waals surface area contributed by atoms with E-state index in [4.69, 9.17) is 5.73 Å². The maximum absolute atomic E-state index is 12.6. The molecule has 0 aliphatic rings. The van der Waals surface area contributed by atoms with Gasteiger partial charge in [0.25, 0.3) is 0 Å². The number of carbonyl (C=O) groups excluding carboxylic acids is 1. The van der Waals surface area contributed by atoms with Gasteiger partial charge in [0, 0.05) is 12.6 Å². The molecule has 0 aliphatic carbocycles. The Balaban J connectivity index is 2.56. The van der Waals surface area contributed by atoms with Gasteiger partial charge in [-0.3, -0.25) is 4.79 Å². The van der Waals surface area contributed by atoms with E-state index < -0.39 is 6.04 Å². The molecule has 0 heterocycles. The smallest absolute Gasteiger partial charge is 0.239 e. The molecule has 1 amide bonds. The minimum Gasteiger partial charge on any atom is -0.339 e. The van der Waals surface area contributed by atoms with Crippen LogP contribution < -0.4 is 5.73 Å². The second-order valence-corrected chi connectivity index (χ2v) is 5.77. The summed E-state index contributed by atoms with van der Waals surface area (Å²) in [6, 6.07) is 10.1. The van der Waals surface area contributed by atoms with Gasteiger partial charge in [0.2, 0.25) is 5.91 Å². The third-order valence-electron chi connectivity index (χ3n) is 4.06. The van der Waals surface area contributed by atoms with Crippen LogP contribution in [0, 0.1) is 0 Å². The fourth-order valence-corrected chi connectivity index (χ4v) is 2.40. The van der Waals surface area contributed by atoms with Crippen LogP contribution in [-0.2, 0) is 11.2 Å². The van der Waals surface area contributed by atoms with Crippen LogP contribution in [0.15, 0.2) is 30.3 Å². The summed E-state index contributed by atoms with van der Waals surface area (Å²) in [6.07, 6.45) is 4.68. The number of carbonyl (C=O) groups is 1. The maximum atomic E-state index is 12.6. The molecule has 1 unspecified atom stereocenters. The van der Waals surface area contributed by atoms with Gasteiger partial charge in [0.1, 0.15) is 0 Å². The number of hydrogen-bond acceptors (Lipinski definition) is 2. The second-order valence-electron chi connectivity index (χ2n) is 5.77. The van der Waals surface area contributed by atoms with E-state index in [0.29, 0.717) is 6.42 Å². The Kier molecular flexibility index (Phi) is 8.06. The van der Waals surface area contributed by atoms with Gasteiger partial charge in [-0.25, -0.2) is 0 Å². The van der Waals surface area contributed by atoms with E-state index in [0.717, 1.165) is 32.2 Å². The molecule has 21 heavy (non-hydrogen) atoms. The first-order valence-corrected chi connectivity index (χ1v) is 8.20. The van der Waals surface area contributed by atoms with E-state index in [2.05, 4.69) is 32.9 Å². The van der Waals surface area contributed by atoms with Crippen molar-refractivity contribution >= 4 is 5.91 Å². The molecule has 3 nitrogen and oxygen atoms in total. The van der Waals surface area contributed by atoms with Gasteiger partial charge in [-0.1, -0.05) is 50.6 Å². The zero-order valence-corrected chi connectivity index (χ0v) is 13.7. The first-order chi connectivity index (χ1) is 10.1. The lowest BCUT2D eigenvalue weighted by molar-refractivity contribution is -0.134. The van der Waals surface area contributed by atoms with Crippen molar-refractivity contribution in [2.45, 2.75) is 65.0 Å². The maximum Gasteiger partial charge on any atom is 0.239 e. The molecule has 1 aromatic carbocycles. The molecule has 1 rings (SSSR count). The quantitative estimate of drug-likeness (QED) is 0.758. The molecule has 3 heteroatoms. The van der Waals surface area contributed by atoms with Crippen molar-refractivity contribution in [3.05, 3.63) is 35.9 Å². The van der Waals surface area contributed by atoms with Crippen molar-refractivity contribution < 1.29 is 4.79 Å². The first kappa shape index (κ1) is 17.7. The van der Waals surface area contributed by atoms with Gasteiger partial charge in [0.15, 0.2) is 0 Å². The molecule has 2 N–H and O–H groups in total. The summed E-state index contributed by atoms with van der Waals surface area (Å²) in [7, 11) is 0. The number of benzene rings is 1. The highest BCUT2D eigenvalue weighted by Gasteiger charge is 2.23. The van der Waals surface area contributed by atoms with Crippen molar-refractivity contribution in [1.82, 2.24) is 4.90 Å². The average molecular weight is 290 g/mol. The summed E-state index contributed by atoms with van der Waals surface area (Å²) < 4.78 is 0. The van der Waals surface area contributed by atoms with Gasteiger partial charge in [0.05, 0.1) is 6.04 Å². The van der Waals surface area contributed by atoms with Crippen LogP contribution in [0.5, 0.6) is 0 Å². The Labute approximate surface area is 129 Å². The lowest BCUT2D eigenvalue weighted by Gasteiger charge is -2.31. The van der Waals surface area contributed by atoms with Crippen LogP contribution in [0.4, 0.5) is 0 Å². The number of unbranched alkanes of at least 4 members (excludes halogenated alkanes) is 1. The van der Waals surface area contributed by atoms with E-state index in [9.17, 15) is 4.79 Å². The largest absolute Gasteiger partial charge is 0.339 e. The summed E-state index contributed by atoms with van der Waals surface area (Å²) in [5.74, 6) is 0.105. The lowest BCUT2D eigenvalue weighted by Crippen LogP contribution is -2.48. The Hall–Kier alpha value is -1.35. The molecule has 0 aromatic heterocycles. The molecule has 118 valence electrons. The Morgan fingerprint density at radius 2 is 1.90 bits per heavy atom. The van der Waals surface area contributed by atoms with Crippen molar-refractivity contribution in [2.75, 3.05) is 6.54 Å². The minimum atomic E-state index is -0.393. The van der Waals surface area contributed by atoms with Gasteiger partial charge < -0.3 is 10.6 Å². The molecule has 0 aliphatic heterocycles. The van der Waals surface area contributed by atoms with E-state index in [1.807, 2.05) is 23.1 Å². The van der Waals surface area contributed by atoms with Crippen molar-refractivity contribution in [2.24, 2.45) is 5.73 Å². The van der Waals surface area contributed by atoms with Crippen molar-refractivity contribution in [1.29, 1.82) is 0 Å². The number of nitrogens with two attached hydrogens (primary N) is 1. The highest BCUT2D eigenvalue weighted by molar-refractivity contribution is 5.81. The molecule has 0 radical (unpaired) electrons. The normalized spacial score (nSPS) is 13.7. The zero-order valence-electron chi connectivity index (χ0n) is 13.7. The SMILES string of the molecule is CCCCN(C(=O)[C@@H](N)CCc1ccccc1)C(C)CC. The molecule has 0 bridgehead atoms. The van der Waals surface area contributed by atoms with Crippen LogP contribution >= 0.6 is 0 Å². The fourth-order valence-electron chi connectivity index (χ4n) is 2.40. The number of nitrogens with zero attached hydrogens (tertiary/aromatic N) is 1. The molecule has 0 saturated carbocycles. The predicted octanol–water partition coefficient (Wildman–Crippen LogP) is 3.37. The van der Waals surface area contributed by atoms with E-state index in [1.165, 1.54) is 5.56 Å². The standard InChI is InChI=1S/C18H30N2O/c1-4-6-14-20(15(3)5-2)18(21)17(19)13-12-16-10-8-7-9-11-16/h7-11,15,17H,4-6,12-14,19H2,1-3H3/t15?,17-/m0/s1. The van der Waals surface area contributed by atoms with Gasteiger partial charge >= 0.3 is 0 Å². The third-order valence-corrected chi connectivity index (χ3v) is 4.06. The Bertz CT molecular complexity index is 405. The lowest BCUT2D eigenvalue weighted by atomic mass is 10.0. The monoisotopic (exact) mass is 290 g/mol. The molecule has 0 fully saturated rings. The molecule has 2 atom stereocenters. The van der Waals surface area contributed by atoms with E-state index >= 15 is 0 Å². The van der Waals surface area contributed by atoms with Crippen LogP contribution in [0.3, 0.4) is 0 Å². The first-order valence-electron chi connectivity index (χ1n) is 8.20. The summed E-state index contributed by atoms with van der Waals surface area (Å²) in [4.78, 5) is 14.5. The number of rotatable bonds is 9. The van der Waals surface area contributed by atoms with Gasteiger partial charge in [-0.2, -0.15) is 0 Å².